The highest BCUT2D eigenvalue weighted by Gasteiger charge is 2.32. The third-order valence-corrected chi connectivity index (χ3v) is 6.99. The van der Waals surface area contributed by atoms with E-state index in [-0.39, 0.29) is 37.0 Å². The van der Waals surface area contributed by atoms with Crippen LogP contribution in [0.5, 0.6) is 0 Å². The van der Waals surface area contributed by atoms with Crippen LogP contribution in [0, 0.1) is 17.7 Å². The topological polar surface area (TPSA) is 112 Å². The number of urea groups is 1. The molecule has 2 unspecified atom stereocenters. The van der Waals surface area contributed by atoms with Crippen LogP contribution in [0.1, 0.15) is 50.2 Å². The highest BCUT2D eigenvalue weighted by molar-refractivity contribution is 5.74. The summed E-state index contributed by atoms with van der Waals surface area (Å²) in [6.07, 6.45) is 4.20. The van der Waals surface area contributed by atoms with Crippen LogP contribution in [-0.2, 0) is 9.47 Å². The summed E-state index contributed by atoms with van der Waals surface area (Å²) in [4.78, 5) is 25.9. The Morgan fingerprint density at radius 1 is 1.25 bits per heavy atom. The van der Waals surface area contributed by atoms with E-state index < -0.39 is 12.2 Å². The molecule has 10 heteroatoms. The quantitative estimate of drug-likeness (QED) is 0.341. The molecule has 0 aliphatic carbocycles. The highest BCUT2D eigenvalue weighted by Crippen LogP contribution is 2.33. The van der Waals surface area contributed by atoms with Crippen LogP contribution in [0.3, 0.4) is 0 Å². The van der Waals surface area contributed by atoms with Crippen LogP contribution in [0.15, 0.2) is 24.3 Å². The van der Waals surface area contributed by atoms with Crippen molar-refractivity contribution in [1.82, 2.24) is 20.9 Å². The summed E-state index contributed by atoms with van der Waals surface area (Å²) in [5.41, 5.74) is 0.696. The predicted molar refractivity (Wildman–Crippen MR) is 134 cm³/mol. The molecule has 1 aromatic carbocycles. The Bertz CT molecular complexity index is 821. The van der Waals surface area contributed by atoms with Gasteiger partial charge < -0.3 is 35.4 Å². The minimum Gasteiger partial charge on any atom is -0.465 e. The number of ether oxygens (including phenoxy) is 2. The van der Waals surface area contributed by atoms with Gasteiger partial charge in [-0.25, -0.2) is 14.0 Å². The Morgan fingerprint density at radius 2 is 2.11 bits per heavy atom. The van der Waals surface area contributed by atoms with Crippen molar-refractivity contribution in [2.45, 2.75) is 50.7 Å². The van der Waals surface area contributed by atoms with Gasteiger partial charge in [-0.2, -0.15) is 0 Å². The van der Waals surface area contributed by atoms with Gasteiger partial charge in [0.05, 0.1) is 12.7 Å². The van der Waals surface area contributed by atoms with Crippen molar-refractivity contribution < 1.29 is 28.6 Å². The maximum atomic E-state index is 14.0. The second-order valence-electron chi connectivity index (χ2n) is 9.78. The van der Waals surface area contributed by atoms with Crippen molar-refractivity contribution in [3.05, 3.63) is 35.6 Å². The molecule has 0 bridgehead atoms. The predicted octanol–water partition coefficient (Wildman–Crippen LogP) is 3.37. The molecule has 3 amide bonds. The largest absolute Gasteiger partial charge is 0.465 e. The molecule has 2 fully saturated rings. The maximum absolute atomic E-state index is 14.0. The van der Waals surface area contributed by atoms with Crippen molar-refractivity contribution in [3.63, 3.8) is 0 Å². The van der Waals surface area contributed by atoms with Gasteiger partial charge >= 0.3 is 12.1 Å². The number of carboxylic acid groups (broad SMARTS) is 1. The molecule has 0 saturated carbocycles. The van der Waals surface area contributed by atoms with Crippen molar-refractivity contribution in [1.29, 1.82) is 0 Å². The third-order valence-electron chi connectivity index (χ3n) is 6.99. The monoisotopic (exact) mass is 508 g/mol. The Labute approximate surface area is 213 Å². The number of carbonyl (C=O) groups excluding carboxylic acids is 1. The van der Waals surface area contributed by atoms with E-state index >= 15 is 0 Å². The Hall–Kier alpha value is -2.43. The molecule has 2 aliphatic heterocycles. The molecule has 3 rings (SSSR count). The molecule has 2 saturated heterocycles. The summed E-state index contributed by atoms with van der Waals surface area (Å²) in [5, 5.41) is 17.6. The number of benzene rings is 1. The number of amides is 3. The fourth-order valence-corrected chi connectivity index (χ4v) is 5.29. The Balaban J connectivity index is 1.62. The Kier molecular flexibility index (Phi) is 11.7. The minimum absolute atomic E-state index is 0.0297. The second kappa shape index (κ2) is 15.0. The minimum atomic E-state index is -1.12. The molecular formula is C26H41FN4O5. The molecule has 4 atom stereocenters. The van der Waals surface area contributed by atoms with Gasteiger partial charge in [-0.15, -0.1) is 0 Å². The number of piperidine rings is 1. The average molecular weight is 509 g/mol. The standard InChI is InChI=1S/C26H41FN4O5/c1-28-17-23(15-19-5-4-12-35-13-9-19)30-25(32)31-11-3-7-21(18-31)24(36-14-10-29-26(33)34)20-6-2-8-22(27)16-20/h2,6,8,16,19,21,23-24,28-29H,3-5,7,9-15,17-18H2,1H3,(H,30,32)(H,33,34)/t19?,21-,23+,24?/m1/s1. The van der Waals surface area contributed by atoms with Gasteiger partial charge in [0.1, 0.15) is 5.82 Å². The van der Waals surface area contributed by atoms with Crippen LogP contribution >= 0.6 is 0 Å². The van der Waals surface area contributed by atoms with Gasteiger partial charge in [0.15, 0.2) is 0 Å². The molecule has 202 valence electrons. The van der Waals surface area contributed by atoms with Crippen LogP contribution in [0.4, 0.5) is 14.0 Å². The van der Waals surface area contributed by atoms with E-state index in [1.165, 1.54) is 12.1 Å². The smallest absolute Gasteiger partial charge is 0.404 e. The fraction of sp³-hybridized carbons (Fsp3) is 0.692. The van der Waals surface area contributed by atoms with Gasteiger partial charge in [-0.05, 0) is 69.2 Å². The lowest BCUT2D eigenvalue weighted by Gasteiger charge is -2.38. The zero-order valence-corrected chi connectivity index (χ0v) is 21.2. The Morgan fingerprint density at radius 3 is 2.89 bits per heavy atom. The lowest BCUT2D eigenvalue weighted by molar-refractivity contribution is -0.00866. The zero-order chi connectivity index (χ0) is 25.8. The SMILES string of the molecule is CNC[C@H](CC1CCCOCC1)NC(=O)N1CCC[C@@H](C(OCCNC(=O)O)c2cccc(F)c2)C1. The first-order valence-corrected chi connectivity index (χ1v) is 13.1. The number of likely N-dealkylation sites (tertiary alicyclic amines) is 1. The van der Waals surface area contributed by atoms with Gasteiger partial charge in [-0.3, -0.25) is 0 Å². The molecule has 0 spiro atoms. The summed E-state index contributed by atoms with van der Waals surface area (Å²) in [5.74, 6) is 0.150. The number of likely N-dealkylation sites (N-methyl/N-ethyl adjacent to an activating group) is 1. The van der Waals surface area contributed by atoms with Crippen LogP contribution in [-0.4, -0.2) is 81.2 Å². The number of rotatable bonds is 11. The van der Waals surface area contributed by atoms with E-state index in [9.17, 15) is 14.0 Å². The van der Waals surface area contributed by atoms with E-state index in [4.69, 9.17) is 14.6 Å². The summed E-state index contributed by atoms with van der Waals surface area (Å²) in [7, 11) is 1.90. The van der Waals surface area contributed by atoms with Gasteiger partial charge in [0, 0.05) is 51.4 Å². The van der Waals surface area contributed by atoms with Gasteiger partial charge in [0.25, 0.3) is 0 Å². The second-order valence-corrected chi connectivity index (χ2v) is 9.78. The van der Waals surface area contributed by atoms with Crippen molar-refractivity contribution in [2.75, 3.05) is 53.0 Å². The number of nitrogens with zero attached hydrogens (tertiary/aromatic N) is 1. The van der Waals surface area contributed by atoms with Crippen LogP contribution in [0.2, 0.25) is 0 Å². The van der Waals surface area contributed by atoms with Crippen molar-refractivity contribution in [2.24, 2.45) is 11.8 Å². The fourth-order valence-electron chi connectivity index (χ4n) is 5.29. The normalized spacial score (nSPS) is 22.3. The average Bonchev–Trinajstić information content (AvgIpc) is 3.13. The lowest BCUT2D eigenvalue weighted by atomic mass is 9.88. The zero-order valence-electron chi connectivity index (χ0n) is 21.2. The van der Waals surface area contributed by atoms with E-state index in [2.05, 4.69) is 16.0 Å². The van der Waals surface area contributed by atoms with Gasteiger partial charge in [0.2, 0.25) is 0 Å². The van der Waals surface area contributed by atoms with Crippen LogP contribution < -0.4 is 16.0 Å². The van der Waals surface area contributed by atoms with E-state index in [1.807, 2.05) is 18.0 Å². The molecule has 4 N–H and O–H groups in total. The first kappa shape index (κ1) is 28.1. The summed E-state index contributed by atoms with van der Waals surface area (Å²) in [6, 6.07) is 6.24. The van der Waals surface area contributed by atoms with Crippen molar-refractivity contribution >= 4 is 12.1 Å². The van der Waals surface area contributed by atoms with Crippen molar-refractivity contribution in [3.8, 4) is 0 Å². The number of hydrogen-bond acceptors (Lipinski definition) is 5. The number of carbonyl (C=O) groups is 2. The summed E-state index contributed by atoms with van der Waals surface area (Å²) < 4.78 is 25.6. The third kappa shape index (κ3) is 9.22. The number of nitrogens with one attached hydrogen (secondary N) is 3. The number of hydrogen-bond donors (Lipinski definition) is 4. The molecule has 36 heavy (non-hydrogen) atoms. The van der Waals surface area contributed by atoms with Gasteiger partial charge in [-0.1, -0.05) is 12.1 Å². The summed E-state index contributed by atoms with van der Waals surface area (Å²) >= 11 is 0. The lowest BCUT2D eigenvalue weighted by Crippen LogP contribution is -2.52. The molecule has 0 aromatic heterocycles. The first-order chi connectivity index (χ1) is 17.5. The summed E-state index contributed by atoms with van der Waals surface area (Å²) in [6.45, 7) is 3.73. The van der Waals surface area contributed by atoms with E-state index in [1.54, 1.807) is 6.07 Å². The molecular weight excluding hydrogens is 467 g/mol. The molecule has 0 radical (unpaired) electrons. The maximum Gasteiger partial charge on any atom is 0.404 e. The van der Waals surface area contributed by atoms with E-state index in [0.717, 1.165) is 51.7 Å². The van der Waals surface area contributed by atoms with E-state index in [0.29, 0.717) is 31.1 Å². The molecule has 9 nitrogen and oxygen atoms in total. The molecule has 2 heterocycles. The van der Waals surface area contributed by atoms with Crippen LogP contribution in [0.25, 0.3) is 0 Å². The highest BCUT2D eigenvalue weighted by atomic mass is 19.1. The molecule has 2 aliphatic rings. The first-order valence-electron chi connectivity index (χ1n) is 13.1. The molecule has 1 aromatic rings. The number of halogens is 1.